The zero-order chi connectivity index (χ0) is 11.5. The summed E-state index contributed by atoms with van der Waals surface area (Å²) >= 11 is 0. The second kappa shape index (κ2) is 9.11. The molecule has 0 saturated carbocycles. The number of unbranched alkanes of at least 4 members (excludes halogenated alkanes) is 1. The highest BCUT2D eigenvalue weighted by Crippen LogP contribution is 1.86. The minimum Gasteiger partial charge on any atom is -0.465 e. The second-order valence-corrected chi connectivity index (χ2v) is 3.00. The summed E-state index contributed by atoms with van der Waals surface area (Å²) < 4.78 is 4.78. The number of rotatable bonds is 7. The van der Waals surface area contributed by atoms with Gasteiger partial charge < -0.3 is 20.5 Å². The van der Waals surface area contributed by atoms with Gasteiger partial charge in [-0.05, 0) is 19.3 Å². The van der Waals surface area contributed by atoms with Gasteiger partial charge in [-0.25, -0.2) is 9.59 Å². The van der Waals surface area contributed by atoms with E-state index in [1.807, 2.05) is 6.92 Å². The molecule has 0 aromatic rings. The zero-order valence-corrected chi connectivity index (χ0v) is 8.91. The summed E-state index contributed by atoms with van der Waals surface area (Å²) in [6, 6.07) is 0. The Morgan fingerprint density at radius 2 is 1.80 bits per heavy atom. The van der Waals surface area contributed by atoms with E-state index in [1.165, 1.54) is 0 Å². The van der Waals surface area contributed by atoms with Crippen molar-refractivity contribution in [1.29, 1.82) is 0 Å². The first-order valence-electron chi connectivity index (χ1n) is 5.04. The molecule has 2 amide bonds. The molecule has 0 aliphatic heterocycles. The van der Waals surface area contributed by atoms with Crippen LogP contribution in [-0.2, 0) is 4.74 Å². The SMILES string of the molecule is CCCOC(=O)NCCCCNC(=O)O. The monoisotopic (exact) mass is 218 g/mol. The van der Waals surface area contributed by atoms with Crippen molar-refractivity contribution in [1.82, 2.24) is 10.6 Å². The van der Waals surface area contributed by atoms with Gasteiger partial charge in [0.05, 0.1) is 6.61 Å². The Bertz CT molecular complexity index is 197. The highest BCUT2D eigenvalue weighted by Gasteiger charge is 1.99. The summed E-state index contributed by atoms with van der Waals surface area (Å²) in [6.07, 6.45) is 0.783. The highest BCUT2D eigenvalue weighted by atomic mass is 16.5. The van der Waals surface area contributed by atoms with Crippen LogP contribution >= 0.6 is 0 Å². The molecule has 6 heteroatoms. The van der Waals surface area contributed by atoms with E-state index in [2.05, 4.69) is 10.6 Å². The first kappa shape index (κ1) is 13.5. The number of carbonyl (C=O) groups is 2. The molecule has 0 heterocycles. The number of hydrogen-bond donors (Lipinski definition) is 3. The van der Waals surface area contributed by atoms with Crippen molar-refractivity contribution in [2.75, 3.05) is 19.7 Å². The van der Waals surface area contributed by atoms with Crippen LogP contribution in [0.25, 0.3) is 0 Å². The van der Waals surface area contributed by atoms with Crippen LogP contribution in [-0.4, -0.2) is 37.0 Å². The molecule has 3 N–H and O–H groups in total. The van der Waals surface area contributed by atoms with Crippen molar-refractivity contribution in [2.45, 2.75) is 26.2 Å². The molecular formula is C9H18N2O4. The predicted molar refractivity (Wildman–Crippen MR) is 54.9 cm³/mol. The first-order chi connectivity index (χ1) is 7.16. The van der Waals surface area contributed by atoms with Gasteiger partial charge in [0.15, 0.2) is 0 Å². The minimum absolute atomic E-state index is 0.404. The largest absolute Gasteiger partial charge is 0.465 e. The van der Waals surface area contributed by atoms with Gasteiger partial charge in [-0.1, -0.05) is 6.92 Å². The van der Waals surface area contributed by atoms with E-state index in [0.717, 1.165) is 12.8 Å². The molecule has 0 fully saturated rings. The summed E-state index contributed by atoms with van der Waals surface area (Å²) in [7, 11) is 0. The molecule has 0 radical (unpaired) electrons. The lowest BCUT2D eigenvalue weighted by atomic mass is 10.3. The molecule has 88 valence electrons. The minimum atomic E-state index is -1.02. The molecule has 0 aliphatic carbocycles. The van der Waals surface area contributed by atoms with Crippen LogP contribution in [0.4, 0.5) is 9.59 Å². The Labute approximate surface area is 89.0 Å². The number of nitrogens with one attached hydrogen (secondary N) is 2. The van der Waals surface area contributed by atoms with Crippen LogP contribution in [0.15, 0.2) is 0 Å². The lowest BCUT2D eigenvalue weighted by molar-refractivity contribution is 0.146. The van der Waals surface area contributed by atoms with Crippen molar-refractivity contribution in [2.24, 2.45) is 0 Å². The van der Waals surface area contributed by atoms with Crippen LogP contribution in [0.1, 0.15) is 26.2 Å². The molecule has 15 heavy (non-hydrogen) atoms. The number of alkyl carbamates (subject to hydrolysis) is 1. The number of hydrogen-bond acceptors (Lipinski definition) is 3. The number of amides is 2. The van der Waals surface area contributed by atoms with Crippen molar-refractivity contribution in [3.8, 4) is 0 Å². The predicted octanol–water partition coefficient (Wildman–Crippen LogP) is 1.17. The number of ether oxygens (including phenoxy) is 1. The van der Waals surface area contributed by atoms with Crippen LogP contribution in [0.3, 0.4) is 0 Å². The second-order valence-electron chi connectivity index (χ2n) is 3.00. The van der Waals surface area contributed by atoms with Gasteiger partial charge in [-0.15, -0.1) is 0 Å². The van der Waals surface area contributed by atoms with Gasteiger partial charge >= 0.3 is 12.2 Å². The normalized spacial score (nSPS) is 9.40. The summed E-state index contributed by atoms with van der Waals surface area (Å²) in [5.74, 6) is 0. The standard InChI is InChI=1S/C9H18N2O4/c1-2-7-15-9(14)11-6-4-3-5-10-8(12)13/h10H,2-7H2,1H3,(H,11,14)(H,12,13). The lowest BCUT2D eigenvalue weighted by Gasteiger charge is -2.05. The molecule has 0 atom stereocenters. The van der Waals surface area contributed by atoms with E-state index in [9.17, 15) is 9.59 Å². The fourth-order valence-electron chi connectivity index (χ4n) is 0.882. The van der Waals surface area contributed by atoms with Gasteiger partial charge in [-0.3, -0.25) is 0 Å². The maximum atomic E-state index is 10.9. The topological polar surface area (TPSA) is 87.7 Å². The molecule has 6 nitrogen and oxygen atoms in total. The van der Waals surface area contributed by atoms with Crippen molar-refractivity contribution < 1.29 is 19.4 Å². The Balaban J connectivity index is 3.16. The van der Waals surface area contributed by atoms with E-state index < -0.39 is 12.2 Å². The zero-order valence-electron chi connectivity index (χ0n) is 8.91. The highest BCUT2D eigenvalue weighted by molar-refractivity contribution is 5.67. The maximum Gasteiger partial charge on any atom is 0.407 e. The summed E-state index contributed by atoms with van der Waals surface area (Å²) in [5.41, 5.74) is 0. The van der Waals surface area contributed by atoms with Crippen molar-refractivity contribution in [3.63, 3.8) is 0 Å². The Morgan fingerprint density at radius 3 is 2.33 bits per heavy atom. The third kappa shape index (κ3) is 10.5. The Morgan fingerprint density at radius 1 is 1.20 bits per heavy atom. The average Bonchev–Trinajstić information content (AvgIpc) is 2.19. The van der Waals surface area contributed by atoms with Crippen LogP contribution < -0.4 is 10.6 Å². The van der Waals surface area contributed by atoms with Crippen LogP contribution in [0.5, 0.6) is 0 Å². The fourth-order valence-corrected chi connectivity index (χ4v) is 0.882. The van der Waals surface area contributed by atoms with Gasteiger partial charge in [0.2, 0.25) is 0 Å². The van der Waals surface area contributed by atoms with Gasteiger partial charge in [0, 0.05) is 13.1 Å². The number of carboxylic acid groups (broad SMARTS) is 1. The molecule has 0 spiro atoms. The molecule has 0 unspecified atom stereocenters. The lowest BCUT2D eigenvalue weighted by Crippen LogP contribution is -2.27. The van der Waals surface area contributed by atoms with E-state index >= 15 is 0 Å². The van der Waals surface area contributed by atoms with Crippen LogP contribution in [0, 0.1) is 0 Å². The summed E-state index contributed by atoms with van der Waals surface area (Å²) in [5, 5.41) is 13.1. The molecule has 0 aromatic carbocycles. The van der Waals surface area contributed by atoms with E-state index in [4.69, 9.17) is 9.84 Å². The average molecular weight is 218 g/mol. The van der Waals surface area contributed by atoms with E-state index in [1.54, 1.807) is 0 Å². The number of carbonyl (C=O) groups excluding carboxylic acids is 1. The van der Waals surface area contributed by atoms with Gasteiger partial charge in [0.1, 0.15) is 0 Å². The summed E-state index contributed by atoms with van der Waals surface area (Å²) in [6.45, 7) is 3.25. The Hall–Kier alpha value is -1.46. The Kier molecular flexibility index (Phi) is 8.22. The first-order valence-corrected chi connectivity index (χ1v) is 5.04. The third-order valence-electron chi connectivity index (χ3n) is 1.59. The van der Waals surface area contributed by atoms with Crippen molar-refractivity contribution >= 4 is 12.2 Å². The third-order valence-corrected chi connectivity index (χ3v) is 1.59. The van der Waals surface area contributed by atoms with E-state index in [-0.39, 0.29) is 0 Å². The van der Waals surface area contributed by atoms with Crippen LogP contribution in [0.2, 0.25) is 0 Å². The molecule has 0 rings (SSSR count). The van der Waals surface area contributed by atoms with Gasteiger partial charge in [0.25, 0.3) is 0 Å². The molecule has 0 aromatic heterocycles. The molecule has 0 saturated heterocycles. The van der Waals surface area contributed by atoms with E-state index in [0.29, 0.717) is 26.1 Å². The fraction of sp³-hybridized carbons (Fsp3) is 0.778. The summed E-state index contributed by atoms with van der Waals surface area (Å²) in [4.78, 5) is 21.0. The van der Waals surface area contributed by atoms with Crippen molar-refractivity contribution in [3.05, 3.63) is 0 Å². The van der Waals surface area contributed by atoms with Gasteiger partial charge in [-0.2, -0.15) is 0 Å². The molecular weight excluding hydrogens is 200 g/mol. The molecule has 0 bridgehead atoms. The quantitative estimate of drug-likeness (QED) is 0.560. The smallest absolute Gasteiger partial charge is 0.407 e. The maximum absolute atomic E-state index is 10.9. The molecule has 0 aliphatic rings.